The van der Waals surface area contributed by atoms with E-state index in [1.54, 1.807) is 0 Å². The summed E-state index contributed by atoms with van der Waals surface area (Å²) in [5.74, 6) is -3.25. The van der Waals surface area contributed by atoms with Crippen LogP contribution in [0.2, 0.25) is 0 Å². The highest BCUT2D eigenvalue weighted by Crippen LogP contribution is 2.15. The summed E-state index contributed by atoms with van der Waals surface area (Å²) in [6, 6.07) is 6.69. The average Bonchev–Trinajstić information content (AvgIpc) is 3.04. The van der Waals surface area contributed by atoms with Gasteiger partial charge >= 0.3 is 11.9 Å². The molecule has 0 aliphatic rings. The maximum absolute atomic E-state index is 13.5. The van der Waals surface area contributed by atoms with E-state index in [0.717, 1.165) is 6.07 Å². The number of carbonyl (C=O) groups is 3. The van der Waals surface area contributed by atoms with Crippen molar-refractivity contribution in [1.82, 2.24) is 10.9 Å². The molecule has 0 aliphatic heterocycles. The number of rotatable bonds is 4. The fraction of sp³-hybridized carbons (Fsp3) is 0.0714. The molecule has 2 aromatic rings. The van der Waals surface area contributed by atoms with Gasteiger partial charge in [-0.1, -0.05) is 15.9 Å². The molecule has 0 atom stereocenters. The van der Waals surface area contributed by atoms with Gasteiger partial charge in [0, 0.05) is 4.47 Å². The van der Waals surface area contributed by atoms with Crippen LogP contribution in [0.4, 0.5) is 4.39 Å². The van der Waals surface area contributed by atoms with E-state index >= 15 is 0 Å². The number of amides is 2. The van der Waals surface area contributed by atoms with Gasteiger partial charge in [-0.05, 0) is 30.3 Å². The smallest absolute Gasteiger partial charge is 0.341 e. The molecule has 0 spiro atoms. The number of benzene rings is 1. The monoisotopic (exact) mass is 384 g/mol. The fourth-order valence-electron chi connectivity index (χ4n) is 1.50. The predicted molar refractivity (Wildman–Crippen MR) is 78.7 cm³/mol. The minimum atomic E-state index is -0.998. The Hall–Kier alpha value is -2.68. The highest BCUT2D eigenvalue weighted by Gasteiger charge is 2.15. The molecular weight excluding hydrogens is 375 g/mol. The first kappa shape index (κ1) is 16.7. The van der Waals surface area contributed by atoms with E-state index in [9.17, 15) is 18.8 Å². The highest BCUT2D eigenvalue weighted by molar-refractivity contribution is 9.10. The van der Waals surface area contributed by atoms with E-state index in [1.165, 1.54) is 30.5 Å². The zero-order valence-electron chi connectivity index (χ0n) is 11.5. The first-order chi connectivity index (χ1) is 11.0. The van der Waals surface area contributed by atoms with E-state index in [-0.39, 0.29) is 11.3 Å². The Bertz CT molecular complexity index is 733. The van der Waals surface area contributed by atoms with Gasteiger partial charge in [0.15, 0.2) is 12.4 Å². The lowest BCUT2D eigenvalue weighted by atomic mass is 10.2. The van der Waals surface area contributed by atoms with E-state index in [2.05, 4.69) is 26.1 Å². The van der Waals surface area contributed by atoms with E-state index in [0.29, 0.717) is 4.47 Å². The number of hydrazine groups is 1. The van der Waals surface area contributed by atoms with Gasteiger partial charge in [-0.2, -0.15) is 0 Å². The summed E-state index contributed by atoms with van der Waals surface area (Å²) in [6.45, 7) is -0.688. The van der Waals surface area contributed by atoms with Gasteiger partial charge in [-0.3, -0.25) is 20.4 Å². The summed E-state index contributed by atoms with van der Waals surface area (Å²) in [4.78, 5) is 34.6. The van der Waals surface area contributed by atoms with Crippen molar-refractivity contribution >= 4 is 33.7 Å². The van der Waals surface area contributed by atoms with Crippen molar-refractivity contribution in [2.45, 2.75) is 0 Å². The largest absolute Gasteiger partial charge is 0.459 e. The summed E-state index contributed by atoms with van der Waals surface area (Å²) in [5, 5.41) is 0. The standard InChI is InChI=1S/C14H10BrFN2O5/c15-8-3-4-9(10(16)6-8)14(21)23-7-12(19)17-18-13(20)11-2-1-5-22-11/h1-6H,7H2,(H,17,19)(H,18,20). The Labute approximate surface area is 137 Å². The fourth-order valence-corrected chi connectivity index (χ4v) is 1.83. The zero-order valence-corrected chi connectivity index (χ0v) is 13.1. The molecule has 23 heavy (non-hydrogen) atoms. The molecule has 9 heteroatoms. The lowest BCUT2D eigenvalue weighted by Crippen LogP contribution is -2.43. The minimum Gasteiger partial charge on any atom is -0.459 e. The molecule has 0 aliphatic carbocycles. The molecule has 0 bridgehead atoms. The maximum Gasteiger partial charge on any atom is 0.341 e. The van der Waals surface area contributed by atoms with Crippen molar-refractivity contribution in [3.63, 3.8) is 0 Å². The molecule has 120 valence electrons. The van der Waals surface area contributed by atoms with Gasteiger partial charge in [0.2, 0.25) is 0 Å². The first-order valence-corrected chi connectivity index (χ1v) is 7.01. The Morgan fingerprint density at radius 2 is 2.00 bits per heavy atom. The number of hydrogen-bond donors (Lipinski definition) is 2. The second-order valence-electron chi connectivity index (χ2n) is 4.18. The Kier molecular flexibility index (Phi) is 5.47. The number of furan rings is 1. The third-order valence-electron chi connectivity index (χ3n) is 2.55. The third-order valence-corrected chi connectivity index (χ3v) is 3.04. The number of hydrogen-bond acceptors (Lipinski definition) is 5. The summed E-state index contributed by atoms with van der Waals surface area (Å²) >= 11 is 3.05. The molecule has 1 heterocycles. The van der Waals surface area contributed by atoms with E-state index in [1.807, 2.05) is 5.43 Å². The SMILES string of the molecule is O=C(COC(=O)c1ccc(Br)cc1F)NNC(=O)c1ccco1. The molecule has 1 aromatic carbocycles. The van der Waals surface area contributed by atoms with Gasteiger partial charge in [-0.25, -0.2) is 9.18 Å². The molecule has 1 aromatic heterocycles. The Morgan fingerprint density at radius 3 is 2.65 bits per heavy atom. The number of halogens is 2. The van der Waals surface area contributed by atoms with Crippen LogP contribution in [0.3, 0.4) is 0 Å². The number of carbonyl (C=O) groups excluding carboxylic acids is 3. The highest BCUT2D eigenvalue weighted by atomic mass is 79.9. The van der Waals surface area contributed by atoms with Crippen molar-refractivity contribution in [2.75, 3.05) is 6.61 Å². The number of nitrogens with one attached hydrogen (secondary N) is 2. The number of esters is 1. The topological polar surface area (TPSA) is 97.6 Å². The van der Waals surface area contributed by atoms with Gasteiger partial charge in [0.05, 0.1) is 11.8 Å². The van der Waals surface area contributed by atoms with Crippen molar-refractivity contribution in [2.24, 2.45) is 0 Å². The molecule has 2 rings (SSSR count). The van der Waals surface area contributed by atoms with Gasteiger partial charge < -0.3 is 9.15 Å². The molecule has 2 N–H and O–H groups in total. The van der Waals surface area contributed by atoms with Crippen LogP contribution in [0.15, 0.2) is 45.5 Å². The van der Waals surface area contributed by atoms with Crippen molar-refractivity contribution in [3.05, 3.63) is 58.2 Å². The molecule has 0 saturated carbocycles. The van der Waals surface area contributed by atoms with Gasteiger partial charge in [-0.15, -0.1) is 0 Å². The first-order valence-electron chi connectivity index (χ1n) is 6.22. The van der Waals surface area contributed by atoms with E-state index < -0.39 is 30.2 Å². The predicted octanol–water partition coefficient (Wildman–Crippen LogP) is 1.80. The van der Waals surface area contributed by atoms with Gasteiger partial charge in [0.1, 0.15) is 5.82 Å². The lowest BCUT2D eigenvalue weighted by Gasteiger charge is -2.07. The molecule has 0 unspecified atom stereocenters. The maximum atomic E-state index is 13.5. The van der Waals surface area contributed by atoms with Crippen LogP contribution < -0.4 is 10.9 Å². The summed E-state index contributed by atoms with van der Waals surface area (Å²) in [7, 11) is 0. The molecule has 0 saturated heterocycles. The van der Waals surface area contributed by atoms with Crippen LogP contribution in [-0.4, -0.2) is 24.4 Å². The van der Waals surface area contributed by atoms with Gasteiger partial charge in [0.25, 0.3) is 5.91 Å². The third kappa shape index (κ3) is 4.65. The lowest BCUT2D eigenvalue weighted by molar-refractivity contribution is -0.125. The molecular formula is C14H10BrFN2O5. The van der Waals surface area contributed by atoms with Crippen LogP contribution in [0.25, 0.3) is 0 Å². The normalized spacial score (nSPS) is 10.0. The number of ether oxygens (including phenoxy) is 1. The quantitative estimate of drug-likeness (QED) is 0.618. The Morgan fingerprint density at radius 1 is 1.22 bits per heavy atom. The van der Waals surface area contributed by atoms with Crippen molar-refractivity contribution in [3.8, 4) is 0 Å². The summed E-state index contributed by atoms with van der Waals surface area (Å²) in [6.07, 6.45) is 1.30. The van der Waals surface area contributed by atoms with Crippen molar-refractivity contribution < 1.29 is 27.9 Å². The summed E-state index contributed by atoms with van der Waals surface area (Å²) < 4.78 is 23.5. The second kappa shape index (κ2) is 7.54. The molecule has 0 radical (unpaired) electrons. The van der Waals surface area contributed by atoms with Crippen LogP contribution in [0.1, 0.15) is 20.9 Å². The Balaban J connectivity index is 1.80. The average molecular weight is 385 g/mol. The molecule has 7 nitrogen and oxygen atoms in total. The van der Waals surface area contributed by atoms with Crippen LogP contribution in [-0.2, 0) is 9.53 Å². The second-order valence-corrected chi connectivity index (χ2v) is 5.10. The van der Waals surface area contributed by atoms with Crippen molar-refractivity contribution in [1.29, 1.82) is 0 Å². The zero-order chi connectivity index (χ0) is 16.8. The minimum absolute atomic E-state index is 0.000715. The van der Waals surface area contributed by atoms with Crippen LogP contribution >= 0.6 is 15.9 Å². The molecule has 0 fully saturated rings. The van der Waals surface area contributed by atoms with Crippen LogP contribution in [0.5, 0.6) is 0 Å². The van der Waals surface area contributed by atoms with Crippen LogP contribution in [0, 0.1) is 5.82 Å². The van der Waals surface area contributed by atoms with E-state index in [4.69, 9.17) is 4.42 Å². The summed E-state index contributed by atoms with van der Waals surface area (Å²) in [5.41, 5.74) is 3.78. The molecule has 2 amide bonds.